The van der Waals surface area contributed by atoms with Crippen LogP contribution in [0.1, 0.15) is 38.7 Å². The summed E-state index contributed by atoms with van der Waals surface area (Å²) in [6, 6.07) is 4.51. The molecule has 1 aliphatic carbocycles. The Morgan fingerprint density at radius 3 is 2.79 bits per heavy atom. The van der Waals surface area contributed by atoms with Crippen molar-refractivity contribution in [1.82, 2.24) is 20.5 Å². The molecule has 0 spiro atoms. The maximum atomic E-state index is 5.79. The van der Waals surface area contributed by atoms with Gasteiger partial charge in [-0.3, -0.25) is 9.89 Å². The van der Waals surface area contributed by atoms with Crippen LogP contribution in [0.3, 0.4) is 0 Å². The van der Waals surface area contributed by atoms with Gasteiger partial charge in [-0.15, -0.1) is 0 Å². The van der Waals surface area contributed by atoms with Crippen LogP contribution >= 0.6 is 0 Å². The molecule has 1 unspecified atom stereocenters. The van der Waals surface area contributed by atoms with Crippen molar-refractivity contribution >= 4 is 5.96 Å². The topological polar surface area (TPSA) is 71.0 Å². The fourth-order valence-corrected chi connectivity index (χ4v) is 3.60. The van der Waals surface area contributed by atoms with E-state index >= 15 is 0 Å². The summed E-state index contributed by atoms with van der Waals surface area (Å²) >= 11 is 0. The number of ether oxygens (including phenoxy) is 2. The molecule has 0 aromatic carbocycles. The van der Waals surface area contributed by atoms with E-state index in [-0.39, 0.29) is 0 Å². The van der Waals surface area contributed by atoms with Gasteiger partial charge in [-0.05, 0) is 42.7 Å². The number of aromatic nitrogens is 1. The summed E-state index contributed by atoms with van der Waals surface area (Å²) in [4.78, 5) is 11.2. The van der Waals surface area contributed by atoms with Crippen molar-refractivity contribution in [2.75, 3.05) is 46.5 Å². The molecule has 2 fully saturated rings. The Morgan fingerprint density at radius 2 is 2.10 bits per heavy atom. The zero-order valence-corrected chi connectivity index (χ0v) is 18.2. The summed E-state index contributed by atoms with van der Waals surface area (Å²) < 4.78 is 11.3. The van der Waals surface area contributed by atoms with Crippen LogP contribution in [0.5, 0.6) is 5.88 Å². The van der Waals surface area contributed by atoms with Crippen LogP contribution < -0.4 is 15.4 Å². The standard InChI is InChI=1S/C22H37N5O2/c1-17(2)12-20(27-8-10-28-11-9-27)15-26-22(23-3)25-14-19-6-7-24-21(13-19)29-16-18-4-5-18/h6-7,13,17-18,20H,4-5,8-12,14-16H2,1-3H3,(H2,23,25,26). The van der Waals surface area contributed by atoms with E-state index in [0.29, 0.717) is 24.4 Å². The average Bonchev–Trinajstić information content (AvgIpc) is 3.57. The Bertz CT molecular complexity index is 642. The van der Waals surface area contributed by atoms with Crippen molar-refractivity contribution in [3.8, 4) is 5.88 Å². The predicted molar refractivity (Wildman–Crippen MR) is 116 cm³/mol. The number of hydrogen-bond acceptors (Lipinski definition) is 5. The first-order chi connectivity index (χ1) is 14.1. The van der Waals surface area contributed by atoms with Gasteiger partial charge in [-0.2, -0.15) is 0 Å². The van der Waals surface area contributed by atoms with Crippen molar-refractivity contribution in [1.29, 1.82) is 0 Å². The average molecular weight is 404 g/mol. The summed E-state index contributed by atoms with van der Waals surface area (Å²) in [6.07, 6.45) is 5.54. The normalized spacial score (nSPS) is 19.2. The first kappa shape index (κ1) is 21.8. The predicted octanol–water partition coefficient (Wildman–Crippen LogP) is 2.28. The Balaban J connectivity index is 1.46. The molecule has 2 N–H and O–H groups in total. The molecular formula is C22H37N5O2. The molecule has 1 aromatic heterocycles. The van der Waals surface area contributed by atoms with Crippen LogP contribution in [-0.4, -0.2) is 68.4 Å². The zero-order chi connectivity index (χ0) is 20.5. The second kappa shape index (κ2) is 11.4. The minimum Gasteiger partial charge on any atom is -0.477 e. The van der Waals surface area contributed by atoms with E-state index in [1.807, 2.05) is 25.4 Å². The third-order valence-corrected chi connectivity index (χ3v) is 5.46. The molecule has 7 nitrogen and oxygen atoms in total. The Labute approximate surface area is 175 Å². The first-order valence-corrected chi connectivity index (χ1v) is 11.0. The van der Waals surface area contributed by atoms with Gasteiger partial charge in [0.15, 0.2) is 5.96 Å². The van der Waals surface area contributed by atoms with Gasteiger partial charge in [0, 0.05) is 51.5 Å². The largest absolute Gasteiger partial charge is 0.477 e. The highest BCUT2D eigenvalue weighted by molar-refractivity contribution is 5.79. The SMILES string of the molecule is CN=C(NCc1ccnc(OCC2CC2)c1)NCC(CC(C)C)N1CCOCC1. The van der Waals surface area contributed by atoms with E-state index in [4.69, 9.17) is 9.47 Å². The van der Waals surface area contributed by atoms with Crippen LogP contribution in [0.2, 0.25) is 0 Å². The molecule has 162 valence electrons. The van der Waals surface area contributed by atoms with Gasteiger partial charge in [0.05, 0.1) is 19.8 Å². The van der Waals surface area contributed by atoms with E-state index in [2.05, 4.69) is 39.4 Å². The lowest BCUT2D eigenvalue weighted by molar-refractivity contribution is 0.0132. The number of nitrogens with one attached hydrogen (secondary N) is 2. The van der Waals surface area contributed by atoms with Crippen LogP contribution in [-0.2, 0) is 11.3 Å². The molecule has 1 saturated carbocycles. The number of pyridine rings is 1. The maximum Gasteiger partial charge on any atom is 0.213 e. The van der Waals surface area contributed by atoms with Crippen molar-refractivity contribution in [3.05, 3.63) is 23.9 Å². The van der Waals surface area contributed by atoms with Crippen LogP contribution in [0.4, 0.5) is 0 Å². The fourth-order valence-electron chi connectivity index (χ4n) is 3.60. The fraction of sp³-hybridized carbons (Fsp3) is 0.727. The van der Waals surface area contributed by atoms with E-state index in [0.717, 1.165) is 63.3 Å². The third-order valence-electron chi connectivity index (χ3n) is 5.46. The molecule has 2 heterocycles. The molecule has 0 amide bonds. The van der Waals surface area contributed by atoms with Crippen LogP contribution in [0.25, 0.3) is 0 Å². The number of nitrogens with zero attached hydrogens (tertiary/aromatic N) is 3. The molecule has 0 bridgehead atoms. The number of hydrogen-bond donors (Lipinski definition) is 2. The van der Waals surface area contributed by atoms with Crippen molar-refractivity contribution in [2.24, 2.45) is 16.8 Å². The van der Waals surface area contributed by atoms with Crippen molar-refractivity contribution in [3.63, 3.8) is 0 Å². The summed E-state index contributed by atoms with van der Waals surface area (Å²) in [5, 5.41) is 6.93. The summed E-state index contributed by atoms with van der Waals surface area (Å²) in [7, 11) is 1.82. The number of morpholine rings is 1. The summed E-state index contributed by atoms with van der Waals surface area (Å²) in [5.74, 6) is 2.92. The molecule has 29 heavy (non-hydrogen) atoms. The quantitative estimate of drug-likeness (QED) is 0.461. The lowest BCUT2D eigenvalue weighted by Crippen LogP contribution is -2.50. The van der Waals surface area contributed by atoms with Crippen molar-refractivity contribution < 1.29 is 9.47 Å². The zero-order valence-electron chi connectivity index (χ0n) is 18.2. The van der Waals surface area contributed by atoms with Gasteiger partial charge < -0.3 is 20.1 Å². The van der Waals surface area contributed by atoms with Gasteiger partial charge in [-0.25, -0.2) is 4.98 Å². The van der Waals surface area contributed by atoms with Crippen LogP contribution in [0.15, 0.2) is 23.3 Å². The van der Waals surface area contributed by atoms with E-state index < -0.39 is 0 Å². The minimum absolute atomic E-state index is 0.487. The minimum atomic E-state index is 0.487. The summed E-state index contributed by atoms with van der Waals surface area (Å²) in [5.41, 5.74) is 1.14. The number of guanidine groups is 1. The lowest BCUT2D eigenvalue weighted by Gasteiger charge is -2.35. The van der Waals surface area contributed by atoms with Gasteiger partial charge in [0.25, 0.3) is 0 Å². The molecule has 1 aliphatic heterocycles. The number of aliphatic imine (C=N–C) groups is 1. The molecule has 2 aliphatic rings. The molecule has 7 heteroatoms. The van der Waals surface area contributed by atoms with E-state index in [9.17, 15) is 0 Å². The number of rotatable bonds is 10. The first-order valence-electron chi connectivity index (χ1n) is 11.0. The van der Waals surface area contributed by atoms with E-state index in [1.54, 1.807) is 0 Å². The summed E-state index contributed by atoms with van der Waals surface area (Å²) in [6.45, 7) is 10.6. The molecule has 1 atom stereocenters. The van der Waals surface area contributed by atoms with Gasteiger partial charge in [0.2, 0.25) is 5.88 Å². The van der Waals surface area contributed by atoms with Gasteiger partial charge >= 0.3 is 0 Å². The highest BCUT2D eigenvalue weighted by Gasteiger charge is 2.23. The molecule has 1 saturated heterocycles. The molecule has 0 radical (unpaired) electrons. The van der Waals surface area contributed by atoms with Gasteiger partial charge in [0.1, 0.15) is 0 Å². The molecular weight excluding hydrogens is 366 g/mol. The maximum absolute atomic E-state index is 5.79. The third kappa shape index (κ3) is 7.82. The molecule has 1 aromatic rings. The Hall–Kier alpha value is -1.86. The smallest absolute Gasteiger partial charge is 0.213 e. The second-order valence-electron chi connectivity index (χ2n) is 8.50. The Morgan fingerprint density at radius 1 is 1.31 bits per heavy atom. The van der Waals surface area contributed by atoms with E-state index in [1.165, 1.54) is 12.8 Å². The highest BCUT2D eigenvalue weighted by atomic mass is 16.5. The van der Waals surface area contributed by atoms with Gasteiger partial charge in [-0.1, -0.05) is 13.8 Å². The monoisotopic (exact) mass is 403 g/mol. The van der Waals surface area contributed by atoms with Crippen LogP contribution in [0, 0.1) is 11.8 Å². The lowest BCUT2D eigenvalue weighted by atomic mass is 10.0. The Kier molecular flexibility index (Phi) is 8.55. The van der Waals surface area contributed by atoms with Crippen molar-refractivity contribution in [2.45, 2.75) is 45.7 Å². The molecule has 3 rings (SSSR count). The second-order valence-corrected chi connectivity index (χ2v) is 8.50. The highest BCUT2D eigenvalue weighted by Crippen LogP contribution is 2.29.